The van der Waals surface area contributed by atoms with Crippen LogP contribution >= 0.6 is 0 Å². The summed E-state index contributed by atoms with van der Waals surface area (Å²) in [5.74, 6) is 0.411. The third-order valence-electron chi connectivity index (χ3n) is 3.53. The number of nitrogens with zero attached hydrogens (tertiary/aromatic N) is 2. The minimum atomic E-state index is -0.395. The van der Waals surface area contributed by atoms with E-state index in [9.17, 15) is 5.11 Å². The summed E-state index contributed by atoms with van der Waals surface area (Å²) in [4.78, 5) is 0. The summed E-state index contributed by atoms with van der Waals surface area (Å²) in [6.07, 6.45) is 5.00. The van der Waals surface area contributed by atoms with Gasteiger partial charge in [-0.05, 0) is 37.0 Å². The van der Waals surface area contributed by atoms with Crippen LogP contribution in [0.1, 0.15) is 31.1 Å². The molecule has 1 unspecified atom stereocenters. The van der Waals surface area contributed by atoms with Crippen LogP contribution in [0.25, 0.3) is 5.69 Å². The van der Waals surface area contributed by atoms with Gasteiger partial charge in [-0.2, -0.15) is 5.10 Å². The van der Waals surface area contributed by atoms with Gasteiger partial charge >= 0.3 is 0 Å². The number of benzene rings is 1. The van der Waals surface area contributed by atoms with Crippen LogP contribution in [0.3, 0.4) is 0 Å². The predicted octanol–water partition coefficient (Wildman–Crippen LogP) is 2.71. The Morgan fingerprint density at radius 2 is 1.94 bits per heavy atom. The number of aliphatic hydroxyl groups excluding tert-OH is 1. The lowest BCUT2D eigenvalue weighted by molar-refractivity contribution is 0.0584. The maximum absolute atomic E-state index is 10.1. The molecule has 17 heavy (non-hydrogen) atoms. The molecule has 0 amide bonds. The number of para-hydroxylation sites is 1. The molecule has 1 aromatic carbocycles. The van der Waals surface area contributed by atoms with Crippen molar-refractivity contribution in [2.45, 2.75) is 25.4 Å². The lowest BCUT2D eigenvalue weighted by atomic mass is 9.80. The fourth-order valence-electron chi connectivity index (χ4n) is 2.22. The van der Waals surface area contributed by atoms with Crippen LogP contribution in [-0.2, 0) is 0 Å². The fraction of sp³-hybridized carbons (Fsp3) is 0.357. The van der Waals surface area contributed by atoms with Crippen molar-refractivity contribution < 1.29 is 5.11 Å². The second-order valence-corrected chi connectivity index (χ2v) is 4.66. The van der Waals surface area contributed by atoms with E-state index < -0.39 is 6.10 Å². The number of hydrogen-bond acceptors (Lipinski definition) is 2. The van der Waals surface area contributed by atoms with Crippen molar-refractivity contribution in [3.05, 3.63) is 48.3 Å². The topological polar surface area (TPSA) is 38.0 Å². The molecule has 2 aromatic rings. The van der Waals surface area contributed by atoms with Crippen molar-refractivity contribution in [3.8, 4) is 5.69 Å². The van der Waals surface area contributed by atoms with E-state index >= 15 is 0 Å². The first-order valence-corrected chi connectivity index (χ1v) is 6.13. The summed E-state index contributed by atoms with van der Waals surface area (Å²) in [6.45, 7) is 0. The van der Waals surface area contributed by atoms with Gasteiger partial charge in [0.25, 0.3) is 0 Å². The van der Waals surface area contributed by atoms with Gasteiger partial charge in [0.15, 0.2) is 0 Å². The summed E-state index contributed by atoms with van der Waals surface area (Å²) in [5, 5.41) is 14.6. The Balaban J connectivity index is 1.82. The third-order valence-corrected chi connectivity index (χ3v) is 3.53. The quantitative estimate of drug-likeness (QED) is 0.877. The number of hydrogen-bond donors (Lipinski definition) is 1. The van der Waals surface area contributed by atoms with E-state index in [-0.39, 0.29) is 0 Å². The highest BCUT2D eigenvalue weighted by Gasteiger charge is 2.28. The summed E-state index contributed by atoms with van der Waals surface area (Å²) in [5.41, 5.74) is 1.82. The molecule has 0 aliphatic heterocycles. The van der Waals surface area contributed by atoms with Gasteiger partial charge < -0.3 is 5.11 Å². The molecule has 1 fully saturated rings. The lowest BCUT2D eigenvalue weighted by Crippen LogP contribution is -2.20. The number of aliphatic hydroxyl groups is 1. The first kappa shape index (κ1) is 10.5. The van der Waals surface area contributed by atoms with Gasteiger partial charge in [-0.1, -0.05) is 24.6 Å². The van der Waals surface area contributed by atoms with E-state index in [1.54, 1.807) is 0 Å². The average Bonchev–Trinajstić information content (AvgIpc) is 2.77. The Bertz CT molecular complexity index is 488. The first-order chi connectivity index (χ1) is 8.34. The van der Waals surface area contributed by atoms with Crippen LogP contribution in [0.4, 0.5) is 0 Å². The van der Waals surface area contributed by atoms with Crippen LogP contribution in [0.2, 0.25) is 0 Å². The minimum Gasteiger partial charge on any atom is -0.386 e. The zero-order valence-corrected chi connectivity index (χ0v) is 9.66. The molecule has 1 heterocycles. The SMILES string of the molecule is OC(c1ccn(-c2ccccc2)n1)C1CCC1. The fourth-order valence-corrected chi connectivity index (χ4v) is 2.22. The zero-order valence-electron chi connectivity index (χ0n) is 9.66. The molecule has 1 aliphatic carbocycles. The summed E-state index contributed by atoms with van der Waals surface area (Å²) in [6, 6.07) is 11.9. The Morgan fingerprint density at radius 1 is 1.18 bits per heavy atom. The van der Waals surface area contributed by atoms with Gasteiger partial charge in [0.2, 0.25) is 0 Å². The van der Waals surface area contributed by atoms with E-state index in [1.165, 1.54) is 6.42 Å². The van der Waals surface area contributed by atoms with Crippen LogP contribution in [0, 0.1) is 5.92 Å². The Hall–Kier alpha value is -1.61. The molecule has 3 nitrogen and oxygen atoms in total. The van der Waals surface area contributed by atoms with Crippen LogP contribution in [0.5, 0.6) is 0 Å². The molecule has 0 bridgehead atoms. The van der Waals surface area contributed by atoms with Gasteiger partial charge in [-0.3, -0.25) is 0 Å². The molecular formula is C14H16N2O. The van der Waals surface area contributed by atoms with Crippen LogP contribution in [-0.4, -0.2) is 14.9 Å². The zero-order chi connectivity index (χ0) is 11.7. The molecule has 1 atom stereocenters. The lowest BCUT2D eigenvalue weighted by Gasteiger charge is -2.29. The molecule has 88 valence electrons. The number of aromatic nitrogens is 2. The maximum atomic E-state index is 10.1. The summed E-state index contributed by atoms with van der Waals surface area (Å²) >= 11 is 0. The highest BCUT2D eigenvalue weighted by molar-refractivity contribution is 5.30. The van der Waals surface area contributed by atoms with Crippen molar-refractivity contribution in [3.63, 3.8) is 0 Å². The van der Waals surface area contributed by atoms with Crippen molar-refractivity contribution in [2.75, 3.05) is 0 Å². The smallest absolute Gasteiger partial charge is 0.101 e. The Kier molecular flexibility index (Phi) is 2.69. The van der Waals surface area contributed by atoms with Crippen molar-refractivity contribution in [1.82, 2.24) is 9.78 Å². The molecule has 1 aliphatic rings. The van der Waals surface area contributed by atoms with Crippen LogP contribution in [0.15, 0.2) is 42.6 Å². The average molecular weight is 228 g/mol. The second kappa shape index (κ2) is 4.34. The van der Waals surface area contributed by atoms with E-state index in [0.717, 1.165) is 24.2 Å². The molecule has 1 aromatic heterocycles. The maximum Gasteiger partial charge on any atom is 0.101 e. The molecule has 1 saturated carbocycles. The van der Waals surface area contributed by atoms with Crippen molar-refractivity contribution >= 4 is 0 Å². The van der Waals surface area contributed by atoms with Crippen LogP contribution < -0.4 is 0 Å². The second-order valence-electron chi connectivity index (χ2n) is 4.66. The van der Waals surface area contributed by atoms with Gasteiger partial charge in [-0.15, -0.1) is 0 Å². The highest BCUT2D eigenvalue weighted by Crippen LogP contribution is 2.36. The molecule has 1 N–H and O–H groups in total. The normalized spacial score (nSPS) is 17.7. The first-order valence-electron chi connectivity index (χ1n) is 6.13. The summed E-state index contributed by atoms with van der Waals surface area (Å²) in [7, 11) is 0. The summed E-state index contributed by atoms with van der Waals surface area (Å²) < 4.78 is 1.82. The van der Waals surface area contributed by atoms with E-state index in [1.807, 2.05) is 47.3 Å². The third kappa shape index (κ3) is 1.98. The Morgan fingerprint density at radius 3 is 2.59 bits per heavy atom. The molecule has 3 rings (SSSR count). The van der Waals surface area contributed by atoms with Gasteiger partial charge in [0, 0.05) is 6.20 Å². The predicted molar refractivity (Wildman–Crippen MR) is 65.9 cm³/mol. The molecule has 0 spiro atoms. The van der Waals surface area contributed by atoms with Crippen molar-refractivity contribution in [2.24, 2.45) is 5.92 Å². The Labute approximate surface area is 101 Å². The van der Waals surface area contributed by atoms with E-state index in [0.29, 0.717) is 5.92 Å². The molecule has 3 heteroatoms. The molecule has 0 saturated heterocycles. The monoisotopic (exact) mass is 228 g/mol. The molecular weight excluding hydrogens is 212 g/mol. The molecule has 0 radical (unpaired) electrons. The van der Waals surface area contributed by atoms with Gasteiger partial charge in [-0.25, -0.2) is 4.68 Å². The minimum absolute atomic E-state index is 0.395. The van der Waals surface area contributed by atoms with E-state index in [2.05, 4.69) is 5.10 Å². The van der Waals surface area contributed by atoms with Gasteiger partial charge in [0.1, 0.15) is 6.10 Å². The van der Waals surface area contributed by atoms with E-state index in [4.69, 9.17) is 0 Å². The number of rotatable bonds is 3. The van der Waals surface area contributed by atoms with Gasteiger partial charge in [0.05, 0.1) is 11.4 Å². The highest BCUT2D eigenvalue weighted by atomic mass is 16.3. The van der Waals surface area contributed by atoms with Crippen molar-refractivity contribution in [1.29, 1.82) is 0 Å². The standard InChI is InChI=1S/C14H16N2O/c17-14(11-5-4-6-11)13-9-10-16(15-13)12-7-2-1-3-8-12/h1-3,7-11,14,17H,4-6H2. The largest absolute Gasteiger partial charge is 0.386 e.